The predicted molar refractivity (Wildman–Crippen MR) is 143 cm³/mol. The second-order valence-electron chi connectivity index (χ2n) is 8.83. The molecule has 0 unspecified atom stereocenters. The van der Waals surface area contributed by atoms with Gasteiger partial charge in [-0.2, -0.15) is 13.4 Å². The standard InChI is InChI=1S/C24H29ClN8O3S/c1-32(2)20-10-8-19(9-11-20)30-23-27-13-17(14-28-23)6-7-18-15-29-24(31-22(18)36-3)33(25)37(34,35)21-5-4-12-26-16-21/h4-7,12-16,19-20H,8-11H2,1-3H3,(H,27,28,30)/b7-6+. The van der Waals surface area contributed by atoms with Crippen molar-refractivity contribution in [3.05, 3.63) is 54.2 Å². The van der Waals surface area contributed by atoms with E-state index >= 15 is 0 Å². The molecule has 196 valence electrons. The normalized spacial score (nSPS) is 18.2. The second kappa shape index (κ2) is 11.8. The number of methoxy groups -OCH3 is 1. The lowest BCUT2D eigenvalue weighted by atomic mass is 9.91. The van der Waals surface area contributed by atoms with Crippen LogP contribution in [0.2, 0.25) is 0 Å². The van der Waals surface area contributed by atoms with E-state index < -0.39 is 10.0 Å². The fraction of sp³-hybridized carbons (Fsp3) is 0.375. The summed E-state index contributed by atoms with van der Waals surface area (Å²) in [5.41, 5.74) is 1.29. The van der Waals surface area contributed by atoms with Crippen LogP contribution in [0.1, 0.15) is 36.8 Å². The summed E-state index contributed by atoms with van der Waals surface area (Å²) in [6, 6.07) is 3.89. The first-order valence-electron chi connectivity index (χ1n) is 11.7. The lowest BCUT2D eigenvalue weighted by Crippen LogP contribution is -2.36. The predicted octanol–water partition coefficient (Wildman–Crippen LogP) is 3.47. The maximum atomic E-state index is 12.7. The smallest absolute Gasteiger partial charge is 0.282 e. The Labute approximate surface area is 221 Å². The molecule has 37 heavy (non-hydrogen) atoms. The first-order chi connectivity index (χ1) is 17.8. The van der Waals surface area contributed by atoms with Gasteiger partial charge in [0.1, 0.15) is 4.90 Å². The van der Waals surface area contributed by atoms with E-state index in [2.05, 4.69) is 49.2 Å². The fourth-order valence-electron chi connectivity index (χ4n) is 4.03. The number of ether oxygens (including phenoxy) is 1. The van der Waals surface area contributed by atoms with Gasteiger partial charge in [-0.3, -0.25) is 4.98 Å². The van der Waals surface area contributed by atoms with Crippen molar-refractivity contribution in [3.63, 3.8) is 0 Å². The molecule has 1 fully saturated rings. The van der Waals surface area contributed by atoms with Gasteiger partial charge >= 0.3 is 0 Å². The highest BCUT2D eigenvalue weighted by Crippen LogP contribution is 2.27. The highest BCUT2D eigenvalue weighted by molar-refractivity contribution is 7.94. The van der Waals surface area contributed by atoms with E-state index in [0.717, 1.165) is 31.2 Å². The zero-order chi connectivity index (χ0) is 26.4. The number of nitrogens with one attached hydrogen (secondary N) is 1. The summed E-state index contributed by atoms with van der Waals surface area (Å²) in [6.07, 6.45) is 15.5. The van der Waals surface area contributed by atoms with Gasteiger partial charge in [-0.25, -0.2) is 15.0 Å². The molecule has 1 saturated carbocycles. The van der Waals surface area contributed by atoms with E-state index in [1.807, 2.05) is 0 Å². The molecule has 3 aromatic rings. The third kappa shape index (κ3) is 6.51. The quantitative estimate of drug-likeness (QED) is 0.400. The first kappa shape index (κ1) is 26.7. The Balaban J connectivity index is 1.41. The maximum Gasteiger partial charge on any atom is 0.282 e. The van der Waals surface area contributed by atoms with Gasteiger partial charge in [0, 0.05) is 60.4 Å². The molecule has 3 aromatic heterocycles. The summed E-state index contributed by atoms with van der Waals surface area (Å²) in [7, 11) is 1.59. The third-order valence-electron chi connectivity index (χ3n) is 6.15. The number of pyridine rings is 1. The van der Waals surface area contributed by atoms with E-state index in [-0.39, 0.29) is 16.7 Å². The Bertz CT molecular complexity index is 1320. The summed E-state index contributed by atoms with van der Waals surface area (Å²) in [5, 5.41) is 3.43. The molecule has 3 heterocycles. The Hall–Kier alpha value is -3.35. The SMILES string of the molecule is COc1nc(N(Cl)S(=O)(=O)c2cccnc2)ncc1/C=C/c1cnc(NC2CCC(N(C)C)CC2)nc1. The zero-order valence-electron chi connectivity index (χ0n) is 20.8. The maximum absolute atomic E-state index is 12.7. The molecule has 0 bridgehead atoms. The molecule has 4 rings (SSSR count). The number of aromatic nitrogens is 5. The van der Waals surface area contributed by atoms with Gasteiger partial charge in [-0.1, -0.05) is 6.08 Å². The summed E-state index contributed by atoms with van der Waals surface area (Å²) in [6.45, 7) is 0. The summed E-state index contributed by atoms with van der Waals surface area (Å²) >= 11 is 6.09. The number of hydrogen-bond acceptors (Lipinski definition) is 10. The third-order valence-corrected chi connectivity index (χ3v) is 8.27. The molecular formula is C24H29ClN8O3S. The lowest BCUT2D eigenvalue weighted by Gasteiger charge is -2.32. The largest absolute Gasteiger partial charge is 0.480 e. The second-order valence-corrected chi connectivity index (χ2v) is 11.2. The molecule has 0 radical (unpaired) electrons. The molecule has 0 aromatic carbocycles. The van der Waals surface area contributed by atoms with Crippen LogP contribution in [-0.2, 0) is 10.0 Å². The van der Waals surface area contributed by atoms with Crippen molar-refractivity contribution in [3.8, 4) is 5.88 Å². The number of hydrogen-bond donors (Lipinski definition) is 1. The Morgan fingerprint density at radius 1 is 1.05 bits per heavy atom. The number of anilines is 2. The average molecular weight is 545 g/mol. The highest BCUT2D eigenvalue weighted by Gasteiger charge is 2.27. The van der Waals surface area contributed by atoms with Crippen molar-refractivity contribution in [1.29, 1.82) is 0 Å². The van der Waals surface area contributed by atoms with Crippen molar-refractivity contribution in [2.75, 3.05) is 30.3 Å². The van der Waals surface area contributed by atoms with Crippen molar-refractivity contribution in [1.82, 2.24) is 29.8 Å². The summed E-state index contributed by atoms with van der Waals surface area (Å²) < 4.78 is 31.2. The van der Waals surface area contributed by atoms with Crippen molar-refractivity contribution < 1.29 is 13.2 Å². The van der Waals surface area contributed by atoms with Gasteiger partial charge in [0.2, 0.25) is 11.8 Å². The van der Waals surface area contributed by atoms with Gasteiger partial charge < -0.3 is 15.0 Å². The molecule has 13 heteroatoms. The van der Waals surface area contributed by atoms with Gasteiger partial charge in [0.15, 0.2) is 0 Å². The van der Waals surface area contributed by atoms with Gasteiger partial charge in [-0.05, 0) is 58.0 Å². The minimum absolute atomic E-state index is 0.0873. The van der Waals surface area contributed by atoms with Crippen LogP contribution in [0.4, 0.5) is 11.9 Å². The van der Waals surface area contributed by atoms with Crippen molar-refractivity contribution in [2.24, 2.45) is 0 Å². The molecule has 1 aliphatic rings. The van der Waals surface area contributed by atoms with Gasteiger partial charge in [0.25, 0.3) is 16.0 Å². The van der Waals surface area contributed by atoms with E-state index in [1.165, 1.54) is 37.8 Å². The lowest BCUT2D eigenvalue weighted by molar-refractivity contribution is 0.221. The highest BCUT2D eigenvalue weighted by atomic mass is 35.5. The molecule has 1 aliphatic carbocycles. The minimum atomic E-state index is -4.09. The molecule has 1 N–H and O–H groups in total. The number of rotatable bonds is 9. The zero-order valence-corrected chi connectivity index (χ0v) is 22.4. The van der Waals surface area contributed by atoms with Crippen LogP contribution in [-0.4, -0.2) is 71.5 Å². The Morgan fingerprint density at radius 3 is 2.41 bits per heavy atom. The summed E-state index contributed by atoms with van der Waals surface area (Å²) in [5.74, 6) is 0.506. The molecule has 0 atom stereocenters. The average Bonchev–Trinajstić information content (AvgIpc) is 2.93. The van der Waals surface area contributed by atoms with Gasteiger partial charge in [0.05, 0.1) is 12.7 Å². The first-order valence-corrected chi connectivity index (χ1v) is 13.5. The van der Waals surface area contributed by atoms with Crippen LogP contribution in [0, 0.1) is 0 Å². The fourth-order valence-corrected chi connectivity index (χ4v) is 5.29. The van der Waals surface area contributed by atoms with Crippen LogP contribution >= 0.6 is 11.8 Å². The summed E-state index contributed by atoms with van der Waals surface area (Å²) in [4.78, 5) is 23.1. The Kier molecular flexibility index (Phi) is 8.52. The van der Waals surface area contributed by atoms with Gasteiger partial charge in [-0.15, -0.1) is 3.82 Å². The molecule has 11 nitrogen and oxygen atoms in total. The van der Waals surface area contributed by atoms with Crippen molar-refractivity contribution in [2.45, 2.75) is 42.7 Å². The topological polar surface area (TPSA) is 126 Å². The number of halogens is 1. The van der Waals surface area contributed by atoms with E-state index in [4.69, 9.17) is 16.5 Å². The van der Waals surface area contributed by atoms with Crippen LogP contribution < -0.4 is 13.9 Å². The monoisotopic (exact) mass is 544 g/mol. The van der Waals surface area contributed by atoms with Crippen molar-refractivity contribution >= 4 is 45.8 Å². The van der Waals surface area contributed by atoms with Crippen LogP contribution in [0.25, 0.3) is 12.2 Å². The van der Waals surface area contributed by atoms with E-state index in [1.54, 1.807) is 24.5 Å². The molecule has 0 aliphatic heterocycles. The van der Waals surface area contributed by atoms with Crippen LogP contribution in [0.15, 0.2) is 48.0 Å². The molecule has 0 spiro atoms. The molecule has 0 saturated heterocycles. The number of sulfonamides is 1. The van der Waals surface area contributed by atoms with Crippen LogP contribution in [0.3, 0.4) is 0 Å². The van der Waals surface area contributed by atoms with E-state index in [9.17, 15) is 8.42 Å². The number of nitrogens with zero attached hydrogens (tertiary/aromatic N) is 7. The molecular weight excluding hydrogens is 516 g/mol. The molecule has 0 amide bonds. The Morgan fingerprint density at radius 2 is 1.78 bits per heavy atom. The minimum Gasteiger partial charge on any atom is -0.480 e. The van der Waals surface area contributed by atoms with E-state index in [0.29, 0.717) is 27.4 Å². The van der Waals surface area contributed by atoms with Crippen LogP contribution in [0.5, 0.6) is 5.88 Å².